The number of hydrogen-bond acceptors (Lipinski definition) is 5. The Morgan fingerprint density at radius 2 is 2.04 bits per heavy atom. The van der Waals surface area contributed by atoms with Crippen LogP contribution in [0.3, 0.4) is 0 Å². The van der Waals surface area contributed by atoms with Crippen LogP contribution in [0.5, 0.6) is 0 Å². The summed E-state index contributed by atoms with van der Waals surface area (Å²) in [5.41, 5.74) is 9.45. The van der Waals surface area contributed by atoms with E-state index in [-0.39, 0.29) is 29.6 Å². The van der Waals surface area contributed by atoms with Gasteiger partial charge in [0.15, 0.2) is 6.29 Å². The highest BCUT2D eigenvalue weighted by atomic mass is 16.7. The first-order valence-corrected chi connectivity index (χ1v) is 8.84. The van der Waals surface area contributed by atoms with E-state index < -0.39 is 0 Å². The fourth-order valence-electron chi connectivity index (χ4n) is 3.56. The van der Waals surface area contributed by atoms with Gasteiger partial charge in [-0.05, 0) is 26.3 Å². The fraction of sp³-hybridized carbons (Fsp3) is 0.778. The van der Waals surface area contributed by atoms with Crippen molar-refractivity contribution >= 4 is 0 Å². The smallest absolute Gasteiger partial charge is 0.161 e. The molecule has 3 heterocycles. The molecule has 0 N–H and O–H groups in total. The van der Waals surface area contributed by atoms with Gasteiger partial charge in [0.2, 0.25) is 0 Å². The highest BCUT2D eigenvalue weighted by molar-refractivity contribution is 5.19. The number of hydrogen-bond donors (Lipinski definition) is 0. The zero-order valence-corrected chi connectivity index (χ0v) is 15.2. The summed E-state index contributed by atoms with van der Waals surface area (Å²) in [7, 11) is 0. The lowest BCUT2D eigenvalue weighted by molar-refractivity contribution is -0.182. The van der Waals surface area contributed by atoms with Gasteiger partial charge in [0.1, 0.15) is 0 Å². The van der Waals surface area contributed by atoms with Crippen molar-refractivity contribution in [2.75, 3.05) is 19.8 Å². The molecule has 0 aromatic rings. The molecule has 3 aliphatic heterocycles. The first kappa shape index (κ1) is 18.4. The Kier molecular flexibility index (Phi) is 5.51. The maximum absolute atomic E-state index is 8.41. The third kappa shape index (κ3) is 5.30. The van der Waals surface area contributed by atoms with Crippen LogP contribution < -0.4 is 0 Å². The van der Waals surface area contributed by atoms with Crippen LogP contribution in [0.4, 0.5) is 0 Å². The molecule has 0 saturated carbocycles. The minimum absolute atomic E-state index is 0.0423. The van der Waals surface area contributed by atoms with Crippen molar-refractivity contribution in [2.45, 2.75) is 69.7 Å². The summed E-state index contributed by atoms with van der Waals surface area (Å²) in [6.07, 6.45) is 8.67. The van der Waals surface area contributed by atoms with Gasteiger partial charge in [-0.15, -0.1) is 0 Å². The molecule has 0 aromatic carbocycles. The van der Waals surface area contributed by atoms with Crippen molar-refractivity contribution in [3.63, 3.8) is 0 Å². The summed E-state index contributed by atoms with van der Waals surface area (Å²) >= 11 is 0. The Bertz CT molecular complexity index is 577. The van der Waals surface area contributed by atoms with Crippen molar-refractivity contribution in [1.82, 2.24) is 0 Å². The van der Waals surface area contributed by atoms with Crippen LogP contribution in [0.25, 0.3) is 10.4 Å². The van der Waals surface area contributed by atoms with E-state index >= 15 is 0 Å². The van der Waals surface area contributed by atoms with Crippen LogP contribution in [0.15, 0.2) is 28.9 Å². The minimum atomic E-state index is -0.276. The predicted octanol–water partition coefficient (Wildman–Crippen LogP) is 3.66. The molecule has 0 aliphatic carbocycles. The topological polar surface area (TPSA) is 89.0 Å². The Labute approximate surface area is 148 Å². The van der Waals surface area contributed by atoms with Crippen molar-refractivity contribution < 1.29 is 18.9 Å². The highest BCUT2D eigenvalue weighted by Crippen LogP contribution is 2.46. The van der Waals surface area contributed by atoms with Gasteiger partial charge >= 0.3 is 0 Å². The van der Waals surface area contributed by atoms with Crippen LogP contribution >= 0.6 is 0 Å². The molecule has 2 atom stereocenters. The van der Waals surface area contributed by atoms with Gasteiger partial charge in [-0.25, -0.2) is 0 Å². The first-order valence-electron chi connectivity index (χ1n) is 8.84. The van der Waals surface area contributed by atoms with Crippen LogP contribution in [-0.4, -0.2) is 49.5 Å². The molecule has 0 unspecified atom stereocenters. The fourth-order valence-corrected chi connectivity index (χ4v) is 3.56. The molecule has 3 saturated heterocycles. The quantitative estimate of drug-likeness (QED) is 0.249. The van der Waals surface area contributed by atoms with Crippen LogP contribution in [0.1, 0.15) is 40.0 Å². The molecule has 3 rings (SSSR count). The zero-order chi connectivity index (χ0) is 17.9. The lowest BCUT2D eigenvalue weighted by Gasteiger charge is -2.38. The van der Waals surface area contributed by atoms with Gasteiger partial charge in [0.25, 0.3) is 0 Å². The van der Waals surface area contributed by atoms with Crippen molar-refractivity contribution in [2.24, 2.45) is 5.11 Å². The third-order valence-corrected chi connectivity index (χ3v) is 4.71. The largest absolute Gasteiger partial charge is 0.369 e. The number of rotatable bonds is 5. The number of azide groups is 1. The van der Waals surface area contributed by atoms with Crippen molar-refractivity contribution in [3.05, 3.63) is 34.2 Å². The normalized spacial score (nSPS) is 37.9. The maximum atomic E-state index is 8.41. The van der Waals surface area contributed by atoms with Gasteiger partial charge in [-0.2, -0.15) is 0 Å². The van der Waals surface area contributed by atoms with Crippen molar-refractivity contribution in [3.8, 4) is 0 Å². The average molecular weight is 349 g/mol. The Morgan fingerprint density at radius 1 is 1.32 bits per heavy atom. The molecule has 7 heteroatoms. The Morgan fingerprint density at radius 3 is 2.68 bits per heavy atom. The molecule has 0 radical (unpaired) electrons. The summed E-state index contributed by atoms with van der Waals surface area (Å²) < 4.78 is 22.9. The van der Waals surface area contributed by atoms with E-state index in [9.17, 15) is 0 Å². The number of nitrogens with zero attached hydrogens (tertiary/aromatic N) is 3. The van der Waals surface area contributed by atoms with E-state index in [1.165, 1.54) is 0 Å². The number of allylic oxidation sites excluding steroid dienone is 2. The van der Waals surface area contributed by atoms with Gasteiger partial charge in [0.05, 0.1) is 43.2 Å². The lowest BCUT2D eigenvalue weighted by atomic mass is 9.85. The molecule has 1 spiro atoms. The van der Waals surface area contributed by atoms with Gasteiger partial charge < -0.3 is 18.9 Å². The second-order valence-electron chi connectivity index (χ2n) is 7.77. The molecule has 0 amide bonds. The second kappa shape index (κ2) is 7.48. The molecule has 0 aromatic heterocycles. The Hall–Kier alpha value is -1.37. The summed E-state index contributed by atoms with van der Waals surface area (Å²) in [5.74, 6) is 0. The molecule has 25 heavy (non-hydrogen) atoms. The first-order chi connectivity index (χ1) is 11.9. The SMILES string of the molecule is CC(/C=C/[C@@H]1C[C@]2(CO2)CC(C)(C)O1)=C\C[C@H]1OC[C@@H](N=[N+]=[N-])CO1. The molecule has 0 bridgehead atoms. The van der Waals surface area contributed by atoms with Gasteiger partial charge in [-0.1, -0.05) is 28.9 Å². The van der Waals surface area contributed by atoms with E-state index in [0.29, 0.717) is 19.6 Å². The number of epoxide rings is 1. The molecular weight excluding hydrogens is 322 g/mol. The second-order valence-corrected chi connectivity index (χ2v) is 7.77. The van der Waals surface area contributed by atoms with Crippen LogP contribution in [-0.2, 0) is 18.9 Å². The molecule has 7 nitrogen and oxygen atoms in total. The van der Waals surface area contributed by atoms with E-state index in [1.54, 1.807) is 0 Å². The van der Waals surface area contributed by atoms with Crippen molar-refractivity contribution in [1.29, 1.82) is 0 Å². The molecule has 138 valence electrons. The lowest BCUT2D eigenvalue weighted by Crippen LogP contribution is -2.43. The molecule has 3 aliphatic rings. The average Bonchev–Trinajstić information content (AvgIpc) is 3.29. The minimum Gasteiger partial charge on any atom is -0.369 e. The summed E-state index contributed by atoms with van der Waals surface area (Å²) in [6, 6.07) is -0.227. The number of ether oxygens (including phenoxy) is 4. The van der Waals surface area contributed by atoms with E-state index in [0.717, 1.165) is 25.0 Å². The van der Waals surface area contributed by atoms with Gasteiger partial charge in [0, 0.05) is 24.2 Å². The Balaban J connectivity index is 1.47. The zero-order valence-electron chi connectivity index (χ0n) is 15.2. The van der Waals surface area contributed by atoms with E-state index in [2.05, 4.69) is 49.0 Å². The van der Waals surface area contributed by atoms with E-state index in [4.69, 9.17) is 24.5 Å². The van der Waals surface area contributed by atoms with Gasteiger partial charge in [-0.3, -0.25) is 0 Å². The predicted molar refractivity (Wildman–Crippen MR) is 93.0 cm³/mol. The maximum Gasteiger partial charge on any atom is 0.161 e. The summed E-state index contributed by atoms with van der Waals surface area (Å²) in [5, 5.41) is 3.60. The standard InChI is InChI=1S/C18H27N3O4/c1-13(5-7-16-22-9-14(10-23-16)20-21-19)4-6-15-8-18(12-24-18)11-17(2,3)25-15/h4-6,14-16H,7-12H2,1-3H3/b6-4+,13-5+/t14-,15-,16+,18-/m1/s1. The van der Waals surface area contributed by atoms with E-state index in [1.807, 2.05) is 0 Å². The van der Waals surface area contributed by atoms with Crippen LogP contribution in [0.2, 0.25) is 0 Å². The molecule has 3 fully saturated rings. The van der Waals surface area contributed by atoms with Crippen LogP contribution in [0, 0.1) is 0 Å². The summed E-state index contributed by atoms with van der Waals surface area (Å²) in [6.45, 7) is 7.97. The molecular formula is C18H27N3O4. The third-order valence-electron chi connectivity index (χ3n) is 4.71. The summed E-state index contributed by atoms with van der Waals surface area (Å²) in [4.78, 5) is 2.78. The highest BCUT2D eigenvalue weighted by Gasteiger charge is 2.53. The monoisotopic (exact) mass is 349 g/mol.